The van der Waals surface area contributed by atoms with Crippen molar-refractivity contribution in [2.45, 2.75) is 23.8 Å². The van der Waals surface area contributed by atoms with E-state index >= 15 is 0 Å². The molecule has 3 rings (SSSR count). The molecule has 160 valence electrons. The van der Waals surface area contributed by atoms with Crippen molar-refractivity contribution in [1.82, 2.24) is 4.31 Å². The maximum Gasteiger partial charge on any atom is 0.269 e. The monoisotopic (exact) mass is 435 g/mol. The van der Waals surface area contributed by atoms with E-state index < -0.39 is 26.9 Å². The van der Waals surface area contributed by atoms with Crippen LogP contribution in [0.5, 0.6) is 11.5 Å². The Morgan fingerprint density at radius 1 is 1.13 bits per heavy atom. The number of methoxy groups -OCH3 is 2. The first kappa shape index (κ1) is 21.5. The van der Waals surface area contributed by atoms with Gasteiger partial charge in [0.05, 0.1) is 24.0 Å². The number of nitro groups is 1. The number of benzene rings is 2. The third kappa shape index (κ3) is 4.21. The predicted octanol–water partition coefficient (Wildman–Crippen LogP) is 2.40. The third-order valence-corrected chi connectivity index (χ3v) is 6.72. The van der Waals surface area contributed by atoms with Crippen LogP contribution in [0.4, 0.5) is 11.4 Å². The highest BCUT2D eigenvalue weighted by Crippen LogP contribution is 2.33. The average molecular weight is 435 g/mol. The Hall–Kier alpha value is -3.18. The van der Waals surface area contributed by atoms with Gasteiger partial charge in [0.25, 0.3) is 5.69 Å². The van der Waals surface area contributed by atoms with Gasteiger partial charge in [0.15, 0.2) is 11.5 Å². The lowest BCUT2D eigenvalue weighted by atomic mass is 10.2. The number of amides is 1. The van der Waals surface area contributed by atoms with Crippen LogP contribution in [0, 0.1) is 10.1 Å². The molecule has 30 heavy (non-hydrogen) atoms. The Morgan fingerprint density at radius 2 is 1.80 bits per heavy atom. The molecule has 1 aliphatic rings. The van der Waals surface area contributed by atoms with E-state index in [2.05, 4.69) is 5.32 Å². The Bertz CT molecular complexity index is 1050. The number of anilines is 1. The maximum atomic E-state index is 13.2. The standard InChI is InChI=1S/C19H21N3O7S/c1-28-17-10-9-15(12-18(17)29-2)30(26,27)21-11-3-4-16(21)19(23)20-13-5-7-14(8-6-13)22(24)25/h5-10,12,16H,3-4,11H2,1-2H3,(H,20,23). The van der Waals surface area contributed by atoms with Gasteiger partial charge in [-0.2, -0.15) is 4.31 Å². The van der Waals surface area contributed by atoms with Gasteiger partial charge in [0.2, 0.25) is 15.9 Å². The second kappa shape index (κ2) is 8.67. The molecule has 1 saturated heterocycles. The summed E-state index contributed by atoms with van der Waals surface area (Å²) in [5.74, 6) is 0.167. The number of carbonyl (C=O) groups is 1. The molecule has 1 aliphatic heterocycles. The second-order valence-corrected chi connectivity index (χ2v) is 8.47. The number of hydrogen-bond acceptors (Lipinski definition) is 7. The Morgan fingerprint density at radius 3 is 2.40 bits per heavy atom. The molecule has 2 aromatic carbocycles. The van der Waals surface area contributed by atoms with Crippen molar-refractivity contribution in [2.75, 3.05) is 26.1 Å². The quantitative estimate of drug-likeness (QED) is 0.522. The summed E-state index contributed by atoms with van der Waals surface area (Å²) in [4.78, 5) is 22.9. The third-order valence-electron chi connectivity index (χ3n) is 4.81. The highest BCUT2D eigenvalue weighted by atomic mass is 32.2. The lowest BCUT2D eigenvalue weighted by Crippen LogP contribution is -2.43. The summed E-state index contributed by atoms with van der Waals surface area (Å²) in [5.41, 5.74) is 0.243. The van der Waals surface area contributed by atoms with Crippen molar-refractivity contribution in [3.05, 3.63) is 52.6 Å². The van der Waals surface area contributed by atoms with Crippen LogP contribution in [-0.4, -0.2) is 50.4 Å². The van der Waals surface area contributed by atoms with Gasteiger partial charge >= 0.3 is 0 Å². The lowest BCUT2D eigenvalue weighted by molar-refractivity contribution is -0.384. The van der Waals surface area contributed by atoms with Crippen LogP contribution in [0.2, 0.25) is 0 Å². The summed E-state index contributed by atoms with van der Waals surface area (Å²) < 4.78 is 37.8. The van der Waals surface area contributed by atoms with Gasteiger partial charge in [-0.3, -0.25) is 14.9 Å². The van der Waals surface area contributed by atoms with E-state index in [0.29, 0.717) is 24.3 Å². The number of ether oxygens (including phenoxy) is 2. The van der Waals surface area contributed by atoms with E-state index in [1.54, 1.807) is 0 Å². The largest absolute Gasteiger partial charge is 0.493 e. The fourth-order valence-corrected chi connectivity index (χ4v) is 4.97. The molecule has 2 aromatic rings. The number of carbonyl (C=O) groups excluding carboxylic acids is 1. The van der Waals surface area contributed by atoms with Crippen LogP contribution in [-0.2, 0) is 14.8 Å². The number of nitro benzene ring substituents is 1. The minimum Gasteiger partial charge on any atom is -0.493 e. The zero-order valence-corrected chi connectivity index (χ0v) is 17.2. The Balaban J connectivity index is 1.81. The highest BCUT2D eigenvalue weighted by molar-refractivity contribution is 7.89. The van der Waals surface area contributed by atoms with E-state index in [1.165, 1.54) is 56.7 Å². The predicted molar refractivity (Wildman–Crippen MR) is 108 cm³/mol. The summed E-state index contributed by atoms with van der Waals surface area (Å²) in [6, 6.07) is 8.70. The minimum absolute atomic E-state index is 0.00446. The zero-order valence-electron chi connectivity index (χ0n) is 16.4. The molecular weight excluding hydrogens is 414 g/mol. The maximum absolute atomic E-state index is 13.2. The van der Waals surface area contributed by atoms with E-state index in [4.69, 9.17) is 9.47 Å². The number of nitrogens with one attached hydrogen (secondary N) is 1. The van der Waals surface area contributed by atoms with Crippen LogP contribution in [0.15, 0.2) is 47.4 Å². The molecule has 1 atom stereocenters. The van der Waals surface area contributed by atoms with Crippen molar-refractivity contribution in [3.63, 3.8) is 0 Å². The summed E-state index contributed by atoms with van der Waals surface area (Å²) in [5, 5.41) is 13.4. The summed E-state index contributed by atoms with van der Waals surface area (Å²) >= 11 is 0. The van der Waals surface area contributed by atoms with E-state index in [0.717, 1.165) is 4.31 Å². The van der Waals surface area contributed by atoms with Gasteiger partial charge in [-0.25, -0.2) is 8.42 Å². The number of rotatable bonds is 7. The molecule has 1 fully saturated rings. The van der Waals surface area contributed by atoms with Gasteiger partial charge in [0, 0.05) is 30.4 Å². The molecular formula is C19H21N3O7S. The summed E-state index contributed by atoms with van der Waals surface area (Å²) in [7, 11) is -1.10. The molecule has 0 bridgehead atoms. The SMILES string of the molecule is COc1ccc(S(=O)(=O)N2CCCC2C(=O)Nc2ccc([N+](=O)[O-])cc2)cc1OC. The molecule has 1 amide bonds. The van der Waals surface area contributed by atoms with Crippen LogP contribution < -0.4 is 14.8 Å². The van der Waals surface area contributed by atoms with Crippen molar-refractivity contribution >= 4 is 27.3 Å². The van der Waals surface area contributed by atoms with Crippen molar-refractivity contribution < 1.29 is 27.6 Å². The molecule has 0 saturated carbocycles. The number of nitrogens with zero attached hydrogens (tertiary/aromatic N) is 2. The Kier molecular flexibility index (Phi) is 6.22. The van der Waals surface area contributed by atoms with Gasteiger partial charge in [0.1, 0.15) is 6.04 Å². The number of sulfonamides is 1. The van der Waals surface area contributed by atoms with Crippen LogP contribution in [0.3, 0.4) is 0 Å². The molecule has 11 heteroatoms. The van der Waals surface area contributed by atoms with Crippen LogP contribution >= 0.6 is 0 Å². The topological polar surface area (TPSA) is 128 Å². The van der Waals surface area contributed by atoms with Gasteiger partial charge in [-0.15, -0.1) is 0 Å². The van der Waals surface area contributed by atoms with E-state index in [9.17, 15) is 23.3 Å². The number of hydrogen-bond donors (Lipinski definition) is 1. The molecule has 0 aliphatic carbocycles. The summed E-state index contributed by atoms with van der Waals surface area (Å²) in [6.07, 6.45) is 0.899. The van der Waals surface area contributed by atoms with Crippen molar-refractivity contribution in [2.24, 2.45) is 0 Å². The lowest BCUT2D eigenvalue weighted by Gasteiger charge is -2.23. The van der Waals surface area contributed by atoms with Crippen LogP contribution in [0.25, 0.3) is 0 Å². The van der Waals surface area contributed by atoms with Gasteiger partial charge < -0.3 is 14.8 Å². The normalized spacial score (nSPS) is 16.8. The number of non-ortho nitro benzene ring substituents is 1. The first-order chi connectivity index (χ1) is 14.3. The van der Waals surface area contributed by atoms with Gasteiger partial charge in [-0.05, 0) is 37.1 Å². The first-order valence-electron chi connectivity index (χ1n) is 9.07. The molecule has 0 radical (unpaired) electrons. The first-order valence-corrected chi connectivity index (χ1v) is 10.5. The van der Waals surface area contributed by atoms with E-state index in [-0.39, 0.29) is 22.9 Å². The molecule has 1 N–H and O–H groups in total. The summed E-state index contributed by atoms with van der Waals surface area (Å²) in [6.45, 7) is 0.203. The van der Waals surface area contributed by atoms with Crippen molar-refractivity contribution in [3.8, 4) is 11.5 Å². The molecule has 0 spiro atoms. The van der Waals surface area contributed by atoms with Crippen LogP contribution in [0.1, 0.15) is 12.8 Å². The minimum atomic E-state index is -3.95. The molecule has 1 heterocycles. The zero-order chi connectivity index (χ0) is 21.9. The Labute approximate surface area is 173 Å². The average Bonchev–Trinajstić information content (AvgIpc) is 3.24. The second-order valence-electron chi connectivity index (χ2n) is 6.58. The molecule has 1 unspecified atom stereocenters. The smallest absolute Gasteiger partial charge is 0.269 e. The molecule has 10 nitrogen and oxygen atoms in total. The van der Waals surface area contributed by atoms with Crippen molar-refractivity contribution in [1.29, 1.82) is 0 Å². The van der Waals surface area contributed by atoms with E-state index in [1.807, 2.05) is 0 Å². The fraction of sp³-hybridized carbons (Fsp3) is 0.316. The fourth-order valence-electron chi connectivity index (χ4n) is 3.29. The van der Waals surface area contributed by atoms with Gasteiger partial charge in [-0.1, -0.05) is 0 Å². The molecule has 0 aromatic heterocycles. The highest BCUT2D eigenvalue weighted by Gasteiger charge is 2.39.